The average Bonchev–Trinajstić information content (AvgIpc) is 3.14. The fourth-order valence-electron chi connectivity index (χ4n) is 3.70. The number of hydrogen-bond acceptors (Lipinski definition) is 3. The van der Waals surface area contributed by atoms with Crippen LogP contribution < -0.4 is 4.74 Å². The number of esters is 1. The van der Waals surface area contributed by atoms with Crippen LogP contribution in [0.2, 0.25) is 0 Å². The lowest BCUT2D eigenvalue weighted by Crippen LogP contribution is -2.18. The molecule has 3 heteroatoms. The molecule has 1 aromatic rings. The van der Waals surface area contributed by atoms with E-state index in [1.54, 1.807) is 13.2 Å². The standard InChI is InChI=1S/C18H22O3/c1-20-17-7-3-13(4-8-17)5-9-18(19)21-12-16-11-14-2-6-15(16)10-14/h3-5,7-9,14-16H,2,6,10-12H2,1H3/b9-5+. The van der Waals surface area contributed by atoms with Crippen LogP contribution in [-0.2, 0) is 9.53 Å². The number of carbonyl (C=O) groups excluding carboxylic acids is 1. The molecule has 3 rings (SSSR count). The van der Waals surface area contributed by atoms with Crippen LogP contribution in [0.5, 0.6) is 5.75 Å². The summed E-state index contributed by atoms with van der Waals surface area (Å²) in [4.78, 5) is 11.8. The Kier molecular flexibility index (Phi) is 4.28. The van der Waals surface area contributed by atoms with Gasteiger partial charge in [-0.3, -0.25) is 0 Å². The van der Waals surface area contributed by atoms with E-state index in [2.05, 4.69) is 0 Å². The molecule has 0 radical (unpaired) electrons. The summed E-state index contributed by atoms with van der Waals surface area (Å²) in [7, 11) is 1.64. The zero-order valence-corrected chi connectivity index (χ0v) is 12.5. The Morgan fingerprint density at radius 3 is 2.67 bits per heavy atom. The molecule has 2 saturated carbocycles. The first-order chi connectivity index (χ1) is 10.2. The molecule has 112 valence electrons. The van der Waals surface area contributed by atoms with E-state index in [-0.39, 0.29) is 5.97 Å². The van der Waals surface area contributed by atoms with Crippen molar-refractivity contribution >= 4 is 12.0 Å². The van der Waals surface area contributed by atoms with Gasteiger partial charge in [-0.15, -0.1) is 0 Å². The minimum atomic E-state index is -0.242. The van der Waals surface area contributed by atoms with Gasteiger partial charge in [0.1, 0.15) is 5.75 Å². The van der Waals surface area contributed by atoms with Gasteiger partial charge in [0.15, 0.2) is 0 Å². The lowest BCUT2D eigenvalue weighted by atomic mass is 9.90. The van der Waals surface area contributed by atoms with Crippen molar-refractivity contribution < 1.29 is 14.3 Å². The van der Waals surface area contributed by atoms with Crippen LogP contribution in [0.25, 0.3) is 6.08 Å². The zero-order valence-electron chi connectivity index (χ0n) is 12.5. The van der Waals surface area contributed by atoms with Crippen LogP contribution in [0.1, 0.15) is 31.2 Å². The van der Waals surface area contributed by atoms with Crippen molar-refractivity contribution in [3.63, 3.8) is 0 Å². The largest absolute Gasteiger partial charge is 0.497 e. The molecule has 1 aromatic carbocycles. The highest BCUT2D eigenvalue weighted by Gasteiger charge is 2.39. The molecule has 2 aliphatic carbocycles. The molecular weight excluding hydrogens is 264 g/mol. The lowest BCUT2D eigenvalue weighted by molar-refractivity contribution is -0.139. The molecule has 0 N–H and O–H groups in total. The Bertz CT molecular complexity index is 518. The fraction of sp³-hybridized carbons (Fsp3) is 0.500. The molecule has 2 fully saturated rings. The van der Waals surface area contributed by atoms with E-state index in [4.69, 9.17) is 9.47 Å². The zero-order chi connectivity index (χ0) is 14.7. The van der Waals surface area contributed by atoms with Gasteiger partial charge in [-0.05, 0) is 60.8 Å². The number of ether oxygens (including phenoxy) is 2. The molecule has 3 nitrogen and oxygen atoms in total. The summed E-state index contributed by atoms with van der Waals surface area (Å²) in [6.07, 6.45) is 8.60. The number of hydrogen-bond donors (Lipinski definition) is 0. The number of carbonyl (C=O) groups is 1. The van der Waals surface area contributed by atoms with Crippen LogP contribution in [0.4, 0.5) is 0 Å². The van der Waals surface area contributed by atoms with Crippen molar-refractivity contribution in [2.75, 3.05) is 13.7 Å². The summed E-state index contributed by atoms with van der Waals surface area (Å²) in [6, 6.07) is 7.58. The SMILES string of the molecule is COc1ccc(/C=C/C(=O)OCC2CC3CCC2C3)cc1. The molecular formula is C18H22O3. The van der Waals surface area contributed by atoms with Crippen LogP contribution in [0, 0.1) is 17.8 Å². The molecule has 21 heavy (non-hydrogen) atoms. The normalized spacial score (nSPS) is 27.2. The topological polar surface area (TPSA) is 35.5 Å². The highest BCUT2D eigenvalue weighted by Crippen LogP contribution is 2.48. The van der Waals surface area contributed by atoms with Gasteiger partial charge in [0, 0.05) is 6.08 Å². The first-order valence-electron chi connectivity index (χ1n) is 7.73. The van der Waals surface area contributed by atoms with Crippen molar-refractivity contribution in [3.8, 4) is 5.75 Å². The summed E-state index contributed by atoms with van der Waals surface area (Å²) >= 11 is 0. The molecule has 0 amide bonds. The minimum absolute atomic E-state index is 0.242. The first-order valence-corrected chi connectivity index (χ1v) is 7.73. The second-order valence-electron chi connectivity index (χ2n) is 6.17. The van der Waals surface area contributed by atoms with E-state index in [1.165, 1.54) is 31.8 Å². The third kappa shape index (κ3) is 3.46. The maximum absolute atomic E-state index is 11.8. The summed E-state index contributed by atoms with van der Waals surface area (Å²) in [5.74, 6) is 2.86. The van der Waals surface area contributed by atoms with Gasteiger partial charge >= 0.3 is 5.97 Å². The monoisotopic (exact) mass is 286 g/mol. The smallest absolute Gasteiger partial charge is 0.330 e. The van der Waals surface area contributed by atoms with E-state index in [0.29, 0.717) is 12.5 Å². The number of fused-ring (bicyclic) bond motifs is 2. The van der Waals surface area contributed by atoms with E-state index in [1.807, 2.05) is 24.3 Å². The summed E-state index contributed by atoms with van der Waals surface area (Å²) in [6.45, 7) is 0.590. The Labute approximate surface area is 125 Å². The summed E-state index contributed by atoms with van der Waals surface area (Å²) in [5.41, 5.74) is 0.965. The second kappa shape index (κ2) is 6.33. The van der Waals surface area contributed by atoms with Gasteiger partial charge in [-0.1, -0.05) is 18.6 Å². The molecule has 0 aliphatic heterocycles. The molecule has 2 bridgehead atoms. The lowest BCUT2D eigenvalue weighted by Gasteiger charge is -2.20. The van der Waals surface area contributed by atoms with Gasteiger partial charge in [-0.25, -0.2) is 4.79 Å². The highest BCUT2D eigenvalue weighted by atomic mass is 16.5. The molecule has 0 aromatic heterocycles. The van der Waals surface area contributed by atoms with Crippen molar-refractivity contribution in [1.29, 1.82) is 0 Å². The first kappa shape index (κ1) is 14.2. The Hall–Kier alpha value is -1.77. The van der Waals surface area contributed by atoms with Gasteiger partial charge < -0.3 is 9.47 Å². The Balaban J connectivity index is 1.46. The molecule has 0 saturated heterocycles. The average molecular weight is 286 g/mol. The minimum Gasteiger partial charge on any atom is -0.497 e. The van der Waals surface area contributed by atoms with Crippen LogP contribution in [-0.4, -0.2) is 19.7 Å². The highest BCUT2D eigenvalue weighted by molar-refractivity contribution is 5.87. The quantitative estimate of drug-likeness (QED) is 0.612. The van der Waals surface area contributed by atoms with Gasteiger partial charge in [0.25, 0.3) is 0 Å². The third-order valence-corrected chi connectivity index (χ3v) is 4.85. The van der Waals surface area contributed by atoms with Gasteiger partial charge in [0.05, 0.1) is 13.7 Å². The van der Waals surface area contributed by atoms with Crippen LogP contribution >= 0.6 is 0 Å². The molecule has 2 aliphatic rings. The number of methoxy groups -OCH3 is 1. The Morgan fingerprint density at radius 2 is 2.05 bits per heavy atom. The Morgan fingerprint density at radius 1 is 1.24 bits per heavy atom. The van der Waals surface area contributed by atoms with Crippen molar-refractivity contribution in [3.05, 3.63) is 35.9 Å². The van der Waals surface area contributed by atoms with Crippen molar-refractivity contribution in [2.45, 2.75) is 25.7 Å². The van der Waals surface area contributed by atoms with Crippen LogP contribution in [0.15, 0.2) is 30.3 Å². The van der Waals surface area contributed by atoms with E-state index in [9.17, 15) is 4.79 Å². The fourth-order valence-corrected chi connectivity index (χ4v) is 3.70. The summed E-state index contributed by atoms with van der Waals surface area (Å²) in [5, 5.41) is 0. The van der Waals surface area contributed by atoms with Crippen LogP contribution in [0.3, 0.4) is 0 Å². The van der Waals surface area contributed by atoms with Crippen molar-refractivity contribution in [1.82, 2.24) is 0 Å². The summed E-state index contributed by atoms with van der Waals surface area (Å²) < 4.78 is 10.5. The van der Waals surface area contributed by atoms with Gasteiger partial charge in [0.2, 0.25) is 0 Å². The maximum Gasteiger partial charge on any atom is 0.330 e. The third-order valence-electron chi connectivity index (χ3n) is 4.85. The molecule has 0 spiro atoms. The predicted octanol–water partition coefficient (Wildman–Crippen LogP) is 3.69. The van der Waals surface area contributed by atoms with E-state index >= 15 is 0 Å². The van der Waals surface area contributed by atoms with Gasteiger partial charge in [-0.2, -0.15) is 0 Å². The number of rotatable bonds is 5. The maximum atomic E-state index is 11.8. The van der Waals surface area contributed by atoms with E-state index < -0.39 is 0 Å². The molecule has 3 unspecified atom stereocenters. The molecule has 3 atom stereocenters. The van der Waals surface area contributed by atoms with Crippen molar-refractivity contribution in [2.24, 2.45) is 17.8 Å². The predicted molar refractivity (Wildman–Crippen MR) is 81.9 cm³/mol. The number of benzene rings is 1. The molecule has 0 heterocycles. The second-order valence-corrected chi connectivity index (χ2v) is 6.17. The van der Waals surface area contributed by atoms with E-state index in [0.717, 1.165) is 23.1 Å².